The molecule has 0 spiro atoms. The fourth-order valence-corrected chi connectivity index (χ4v) is 2.53. The summed E-state index contributed by atoms with van der Waals surface area (Å²) in [4.78, 5) is 1.29. The van der Waals surface area contributed by atoms with E-state index >= 15 is 0 Å². The van der Waals surface area contributed by atoms with Gasteiger partial charge in [-0.05, 0) is 17.9 Å². The molecule has 1 nitrogen and oxygen atoms in total. The molecule has 0 amide bonds. The van der Waals surface area contributed by atoms with Gasteiger partial charge in [-0.2, -0.15) is 0 Å². The quantitative estimate of drug-likeness (QED) is 0.544. The van der Waals surface area contributed by atoms with Gasteiger partial charge in [-0.15, -0.1) is 23.5 Å². The van der Waals surface area contributed by atoms with E-state index in [9.17, 15) is 0 Å². The Morgan fingerprint density at radius 2 is 1.79 bits per heavy atom. The Morgan fingerprint density at radius 3 is 2.07 bits per heavy atom. The molecule has 0 bridgehead atoms. The fraction of sp³-hybridized carbons (Fsp3) is 0.636. The molecule has 0 aromatic rings. The average molecular weight is 230 g/mol. The lowest BCUT2D eigenvalue weighted by Gasteiger charge is -2.00. The molecule has 0 aromatic carbocycles. The molecule has 0 saturated carbocycles. The van der Waals surface area contributed by atoms with E-state index in [1.807, 2.05) is 13.8 Å². The first kappa shape index (κ1) is 13.9. The zero-order chi connectivity index (χ0) is 11.1. The lowest BCUT2D eigenvalue weighted by molar-refractivity contribution is 0.886. The highest BCUT2D eigenvalue weighted by Crippen LogP contribution is 2.19. The SMILES string of the molecule is CS/C=C(\SC)C(=[N+]=C(C)C)C(C)C. The van der Waals surface area contributed by atoms with E-state index in [0.717, 1.165) is 5.71 Å². The molecule has 0 aliphatic heterocycles. The molecule has 14 heavy (non-hydrogen) atoms. The Kier molecular flexibility index (Phi) is 7.16. The lowest BCUT2D eigenvalue weighted by atomic mass is 10.1. The van der Waals surface area contributed by atoms with Gasteiger partial charge in [-0.25, -0.2) is 0 Å². The molecule has 0 radical (unpaired) electrons. The summed E-state index contributed by atoms with van der Waals surface area (Å²) in [6.07, 6.45) is 4.18. The lowest BCUT2D eigenvalue weighted by Crippen LogP contribution is -2.14. The van der Waals surface area contributed by atoms with Gasteiger partial charge in [-0.1, -0.05) is 18.5 Å². The van der Waals surface area contributed by atoms with Gasteiger partial charge in [0.25, 0.3) is 5.71 Å². The van der Waals surface area contributed by atoms with Crippen molar-refractivity contribution in [3.8, 4) is 0 Å². The summed E-state index contributed by atoms with van der Waals surface area (Å²) in [5.41, 5.74) is 2.32. The minimum atomic E-state index is 0.482. The van der Waals surface area contributed by atoms with Crippen molar-refractivity contribution >= 4 is 34.9 Å². The molecule has 0 heterocycles. The van der Waals surface area contributed by atoms with Gasteiger partial charge in [0.2, 0.25) is 0 Å². The van der Waals surface area contributed by atoms with Crippen LogP contribution in [0.15, 0.2) is 10.3 Å². The summed E-state index contributed by atoms with van der Waals surface area (Å²) in [7, 11) is 0. The standard InChI is InChI=1S/C11H20NS2/c1-8(2)11(12-9(3)4)10(14-6)7-13-5/h7-8H,1-6H3/q+1/b10-7-. The van der Waals surface area contributed by atoms with Crippen LogP contribution in [-0.2, 0) is 0 Å². The highest BCUT2D eigenvalue weighted by atomic mass is 32.2. The van der Waals surface area contributed by atoms with E-state index in [-0.39, 0.29) is 0 Å². The minimum Gasteiger partial charge on any atom is -0.136 e. The summed E-state index contributed by atoms with van der Waals surface area (Å²) in [6.45, 7) is 8.46. The average Bonchev–Trinajstić information content (AvgIpc) is 2.10. The molecule has 0 unspecified atom stereocenters. The first-order valence-electron chi connectivity index (χ1n) is 4.69. The first-order chi connectivity index (χ1) is 6.52. The highest BCUT2D eigenvalue weighted by molar-refractivity contribution is 8.06. The van der Waals surface area contributed by atoms with E-state index in [1.165, 1.54) is 10.6 Å². The van der Waals surface area contributed by atoms with Gasteiger partial charge < -0.3 is 0 Å². The van der Waals surface area contributed by atoms with Gasteiger partial charge in [0.15, 0.2) is 0 Å². The van der Waals surface area contributed by atoms with E-state index in [0.29, 0.717) is 5.92 Å². The highest BCUT2D eigenvalue weighted by Gasteiger charge is 2.20. The molecule has 0 rings (SSSR count). The van der Waals surface area contributed by atoms with Crippen LogP contribution < -0.4 is 4.67 Å². The molecular formula is C11H20NS2+. The molecule has 80 valence electrons. The third-order valence-corrected chi connectivity index (χ3v) is 2.98. The molecule has 0 aliphatic carbocycles. The molecule has 0 atom stereocenters. The van der Waals surface area contributed by atoms with Gasteiger partial charge >= 0.3 is 5.71 Å². The zero-order valence-electron chi connectivity index (χ0n) is 9.92. The molecule has 0 aliphatic rings. The second-order valence-electron chi connectivity index (χ2n) is 3.52. The largest absolute Gasteiger partial charge is 0.320 e. The van der Waals surface area contributed by atoms with Gasteiger partial charge in [-0.3, -0.25) is 0 Å². The Balaban J connectivity index is 5.22. The Bertz CT molecular complexity index is 267. The van der Waals surface area contributed by atoms with Gasteiger partial charge in [0, 0.05) is 13.8 Å². The van der Waals surface area contributed by atoms with Crippen molar-refractivity contribution in [2.24, 2.45) is 5.92 Å². The number of thioether (sulfide) groups is 2. The minimum absolute atomic E-state index is 0.482. The Morgan fingerprint density at radius 1 is 1.21 bits per heavy atom. The van der Waals surface area contributed by atoms with Crippen molar-refractivity contribution in [3.63, 3.8) is 0 Å². The van der Waals surface area contributed by atoms with Crippen molar-refractivity contribution in [2.45, 2.75) is 27.7 Å². The zero-order valence-corrected chi connectivity index (χ0v) is 11.6. The number of allylic oxidation sites excluding steroid dienone is 1. The van der Waals surface area contributed by atoms with Crippen LogP contribution in [0.3, 0.4) is 0 Å². The fourth-order valence-electron chi connectivity index (χ4n) is 1.03. The van der Waals surface area contributed by atoms with Crippen molar-refractivity contribution in [1.29, 1.82) is 0 Å². The molecule has 3 heteroatoms. The predicted molar refractivity (Wildman–Crippen MR) is 73.4 cm³/mol. The third kappa shape index (κ3) is 4.94. The molecular weight excluding hydrogens is 210 g/mol. The van der Waals surface area contributed by atoms with Crippen molar-refractivity contribution < 1.29 is 0 Å². The van der Waals surface area contributed by atoms with Crippen molar-refractivity contribution in [1.82, 2.24) is 4.67 Å². The number of rotatable bonds is 4. The number of hydrogen-bond acceptors (Lipinski definition) is 2. The molecule has 0 saturated heterocycles. The van der Waals surface area contributed by atoms with E-state index in [1.54, 1.807) is 23.5 Å². The molecule has 0 N–H and O–H groups in total. The maximum atomic E-state index is 4.60. The summed E-state index contributed by atoms with van der Waals surface area (Å²) in [5, 5.41) is 2.17. The third-order valence-electron chi connectivity index (χ3n) is 1.59. The Labute approximate surface area is 96.2 Å². The first-order valence-corrected chi connectivity index (χ1v) is 7.20. The summed E-state index contributed by atoms with van der Waals surface area (Å²) in [5.74, 6) is 0.482. The smallest absolute Gasteiger partial charge is 0.136 e. The van der Waals surface area contributed by atoms with Crippen LogP contribution in [0.4, 0.5) is 0 Å². The maximum absolute atomic E-state index is 4.60. The second-order valence-corrected chi connectivity index (χ2v) is 5.08. The van der Waals surface area contributed by atoms with Crippen LogP contribution >= 0.6 is 23.5 Å². The van der Waals surface area contributed by atoms with Crippen LogP contribution in [0.25, 0.3) is 0 Å². The van der Waals surface area contributed by atoms with Crippen LogP contribution in [0.1, 0.15) is 27.7 Å². The van der Waals surface area contributed by atoms with Gasteiger partial charge in [0.05, 0.1) is 10.8 Å². The topological polar surface area (TPSA) is 14.1 Å². The van der Waals surface area contributed by atoms with Crippen LogP contribution in [-0.4, -0.2) is 23.9 Å². The van der Waals surface area contributed by atoms with E-state index < -0.39 is 0 Å². The van der Waals surface area contributed by atoms with Crippen LogP contribution in [0.2, 0.25) is 0 Å². The van der Waals surface area contributed by atoms with Crippen LogP contribution in [0.5, 0.6) is 0 Å². The number of hydrogen-bond donors (Lipinski definition) is 0. The normalized spacial score (nSPS) is 11.5. The molecule has 0 aromatic heterocycles. The summed E-state index contributed by atoms with van der Waals surface area (Å²) >= 11 is 3.50. The maximum Gasteiger partial charge on any atom is 0.320 e. The summed E-state index contributed by atoms with van der Waals surface area (Å²) in [6, 6.07) is 0. The predicted octanol–water partition coefficient (Wildman–Crippen LogP) is 3.20. The van der Waals surface area contributed by atoms with Crippen LogP contribution in [0, 0.1) is 5.92 Å². The summed E-state index contributed by atoms with van der Waals surface area (Å²) < 4.78 is 4.60. The number of nitrogens with zero attached hydrogens (tertiary/aromatic N) is 1. The van der Waals surface area contributed by atoms with Crippen molar-refractivity contribution in [2.75, 3.05) is 12.5 Å². The molecule has 0 fully saturated rings. The van der Waals surface area contributed by atoms with E-state index in [2.05, 4.69) is 36.4 Å². The Hall–Kier alpha value is -0.110. The van der Waals surface area contributed by atoms with E-state index in [4.69, 9.17) is 0 Å². The monoisotopic (exact) mass is 230 g/mol. The second kappa shape index (κ2) is 7.22. The van der Waals surface area contributed by atoms with Crippen molar-refractivity contribution in [3.05, 3.63) is 10.3 Å². The van der Waals surface area contributed by atoms with Gasteiger partial charge in [0.1, 0.15) is 0 Å².